The molecule has 0 aliphatic carbocycles. The Labute approximate surface area is 156 Å². The molecule has 8 nitrogen and oxygen atoms in total. The van der Waals surface area contributed by atoms with Gasteiger partial charge in [0.2, 0.25) is 10.0 Å². The van der Waals surface area contributed by atoms with Crippen molar-refractivity contribution in [2.24, 2.45) is 0 Å². The number of nitrogens with zero attached hydrogens (tertiary/aromatic N) is 1. The maximum atomic E-state index is 12.7. The van der Waals surface area contributed by atoms with Crippen molar-refractivity contribution in [2.45, 2.75) is 17.9 Å². The van der Waals surface area contributed by atoms with E-state index in [9.17, 15) is 21.6 Å². The van der Waals surface area contributed by atoms with Crippen molar-refractivity contribution in [2.75, 3.05) is 21.8 Å². The largest absolute Gasteiger partial charge is 0.457 e. The zero-order chi connectivity index (χ0) is 19.4. The lowest BCUT2D eigenvalue weighted by atomic mass is 10.1. The number of carbonyl (C=O) groups is 1. The van der Waals surface area contributed by atoms with Crippen molar-refractivity contribution in [3.8, 4) is 0 Å². The van der Waals surface area contributed by atoms with Gasteiger partial charge in [-0.05, 0) is 48.4 Å². The molecule has 0 saturated heterocycles. The molecule has 2 heterocycles. The number of cyclic esters (lactones) is 1. The molecule has 0 fully saturated rings. The van der Waals surface area contributed by atoms with Crippen LogP contribution in [0.25, 0.3) is 0 Å². The molecule has 0 spiro atoms. The molecule has 0 unspecified atom stereocenters. The van der Waals surface area contributed by atoms with E-state index in [0.29, 0.717) is 41.0 Å². The Kier molecular flexibility index (Phi) is 3.93. The Morgan fingerprint density at radius 2 is 1.81 bits per heavy atom. The third-order valence-corrected chi connectivity index (χ3v) is 7.11. The molecule has 1 N–H and O–H groups in total. The SMILES string of the molecule is CS(=O)(=O)N1CCc2cc(S(=O)(=O)Nc3ccc4c(c3)COC4=O)ccc21. The average Bonchev–Trinajstić information content (AvgIpc) is 3.17. The van der Waals surface area contributed by atoms with Crippen LogP contribution in [0.2, 0.25) is 0 Å². The molecule has 2 aliphatic heterocycles. The van der Waals surface area contributed by atoms with Crippen LogP contribution in [0.4, 0.5) is 11.4 Å². The summed E-state index contributed by atoms with van der Waals surface area (Å²) < 4.78 is 57.7. The van der Waals surface area contributed by atoms with Crippen LogP contribution in [-0.2, 0) is 37.8 Å². The fourth-order valence-electron chi connectivity index (χ4n) is 3.27. The highest BCUT2D eigenvalue weighted by molar-refractivity contribution is 7.92. The number of ether oxygens (including phenoxy) is 1. The molecule has 142 valence electrons. The summed E-state index contributed by atoms with van der Waals surface area (Å²) in [4.78, 5) is 11.5. The van der Waals surface area contributed by atoms with Crippen LogP contribution in [0.15, 0.2) is 41.3 Å². The number of hydrogen-bond donors (Lipinski definition) is 1. The number of fused-ring (bicyclic) bond motifs is 2. The molecule has 4 rings (SSSR count). The number of hydrogen-bond acceptors (Lipinski definition) is 6. The highest BCUT2D eigenvalue weighted by Gasteiger charge is 2.28. The van der Waals surface area contributed by atoms with Gasteiger partial charge < -0.3 is 4.74 Å². The third-order valence-electron chi connectivity index (χ3n) is 4.55. The van der Waals surface area contributed by atoms with E-state index in [4.69, 9.17) is 4.74 Å². The van der Waals surface area contributed by atoms with Crippen LogP contribution < -0.4 is 9.03 Å². The topological polar surface area (TPSA) is 110 Å². The van der Waals surface area contributed by atoms with Crippen molar-refractivity contribution in [3.63, 3.8) is 0 Å². The van der Waals surface area contributed by atoms with Crippen molar-refractivity contribution in [1.29, 1.82) is 0 Å². The average molecular weight is 408 g/mol. The van der Waals surface area contributed by atoms with Crippen molar-refractivity contribution in [3.05, 3.63) is 53.1 Å². The van der Waals surface area contributed by atoms with Gasteiger partial charge in [-0.3, -0.25) is 9.03 Å². The van der Waals surface area contributed by atoms with Crippen LogP contribution in [0.3, 0.4) is 0 Å². The maximum Gasteiger partial charge on any atom is 0.338 e. The number of rotatable bonds is 4. The number of esters is 1. The van der Waals surface area contributed by atoms with E-state index in [1.54, 1.807) is 6.07 Å². The fourth-order valence-corrected chi connectivity index (χ4v) is 5.33. The highest BCUT2D eigenvalue weighted by Crippen LogP contribution is 2.32. The molecule has 0 atom stereocenters. The van der Waals surface area contributed by atoms with E-state index in [0.717, 1.165) is 6.26 Å². The summed E-state index contributed by atoms with van der Waals surface area (Å²) in [6, 6.07) is 8.97. The second-order valence-corrected chi connectivity index (χ2v) is 10.0. The Balaban J connectivity index is 1.63. The summed E-state index contributed by atoms with van der Waals surface area (Å²) in [5.41, 5.74) is 2.54. The van der Waals surface area contributed by atoms with Gasteiger partial charge in [-0.25, -0.2) is 21.6 Å². The molecular weight excluding hydrogens is 392 g/mol. The van der Waals surface area contributed by atoms with Gasteiger partial charge in [-0.1, -0.05) is 0 Å². The molecule has 0 bridgehead atoms. The number of anilines is 2. The van der Waals surface area contributed by atoms with Crippen LogP contribution in [-0.4, -0.2) is 35.6 Å². The highest BCUT2D eigenvalue weighted by atomic mass is 32.2. The first-order valence-corrected chi connectivity index (χ1v) is 11.4. The van der Waals surface area contributed by atoms with Gasteiger partial charge in [0.15, 0.2) is 0 Å². The minimum Gasteiger partial charge on any atom is -0.457 e. The van der Waals surface area contributed by atoms with Crippen LogP contribution in [0.1, 0.15) is 21.5 Å². The second kappa shape index (κ2) is 5.96. The predicted molar refractivity (Wildman–Crippen MR) is 98.7 cm³/mol. The molecule has 2 aliphatic rings. The zero-order valence-electron chi connectivity index (χ0n) is 14.3. The molecule has 2 aromatic rings. The van der Waals surface area contributed by atoms with Gasteiger partial charge in [-0.15, -0.1) is 0 Å². The first kappa shape index (κ1) is 17.8. The summed E-state index contributed by atoms with van der Waals surface area (Å²) in [6.45, 7) is 0.411. The summed E-state index contributed by atoms with van der Waals surface area (Å²) in [5.74, 6) is -0.423. The molecule has 2 aromatic carbocycles. The number of benzene rings is 2. The summed E-state index contributed by atoms with van der Waals surface area (Å²) in [7, 11) is -7.26. The van der Waals surface area contributed by atoms with Gasteiger partial charge >= 0.3 is 5.97 Å². The number of nitrogens with one attached hydrogen (secondary N) is 1. The Hall–Kier alpha value is -2.59. The van der Waals surface area contributed by atoms with E-state index < -0.39 is 26.0 Å². The smallest absolute Gasteiger partial charge is 0.338 e. The van der Waals surface area contributed by atoms with Crippen LogP contribution >= 0.6 is 0 Å². The summed E-state index contributed by atoms with van der Waals surface area (Å²) in [6.07, 6.45) is 1.57. The van der Waals surface area contributed by atoms with E-state index in [2.05, 4.69) is 4.72 Å². The Morgan fingerprint density at radius 3 is 2.56 bits per heavy atom. The van der Waals surface area contributed by atoms with Gasteiger partial charge in [0, 0.05) is 17.8 Å². The third kappa shape index (κ3) is 3.15. The number of carbonyl (C=O) groups excluding carboxylic acids is 1. The van der Waals surface area contributed by atoms with E-state index >= 15 is 0 Å². The van der Waals surface area contributed by atoms with Crippen molar-refractivity contribution in [1.82, 2.24) is 0 Å². The minimum atomic E-state index is -3.86. The molecule has 10 heteroatoms. The molecular formula is C17H16N2O6S2. The van der Waals surface area contributed by atoms with Crippen LogP contribution in [0, 0.1) is 0 Å². The maximum absolute atomic E-state index is 12.7. The predicted octanol–water partition coefficient (Wildman–Crippen LogP) is 1.48. The zero-order valence-corrected chi connectivity index (χ0v) is 15.9. The number of sulfonamides is 2. The molecule has 0 saturated carbocycles. The second-order valence-electron chi connectivity index (χ2n) is 6.43. The summed E-state index contributed by atoms with van der Waals surface area (Å²) in [5, 5.41) is 0. The van der Waals surface area contributed by atoms with Crippen LogP contribution in [0.5, 0.6) is 0 Å². The van der Waals surface area contributed by atoms with Gasteiger partial charge in [-0.2, -0.15) is 0 Å². The Bertz CT molecular complexity index is 1170. The first-order chi connectivity index (χ1) is 12.6. The van der Waals surface area contributed by atoms with E-state index in [-0.39, 0.29) is 11.5 Å². The van der Waals surface area contributed by atoms with Crippen molar-refractivity contribution < 1.29 is 26.4 Å². The molecule has 0 radical (unpaired) electrons. The minimum absolute atomic E-state index is 0.0458. The normalized spacial score (nSPS) is 16.0. The lowest BCUT2D eigenvalue weighted by Crippen LogP contribution is -2.27. The van der Waals surface area contributed by atoms with Gasteiger partial charge in [0.1, 0.15) is 6.61 Å². The Morgan fingerprint density at radius 1 is 1.04 bits per heavy atom. The van der Waals surface area contributed by atoms with E-state index in [1.165, 1.54) is 34.6 Å². The molecule has 0 aromatic heterocycles. The summed E-state index contributed by atoms with van der Waals surface area (Å²) >= 11 is 0. The molecule has 27 heavy (non-hydrogen) atoms. The van der Waals surface area contributed by atoms with Crippen molar-refractivity contribution >= 4 is 37.4 Å². The standard InChI is InChI=1S/C17H16N2O6S2/c1-26(21,22)19-7-6-11-9-14(3-5-16(11)19)27(23,24)18-13-2-4-15-12(8-13)10-25-17(15)20/h2-5,8-9,18H,6-7,10H2,1H3. The first-order valence-electron chi connectivity index (χ1n) is 8.09. The molecule has 0 amide bonds. The lowest BCUT2D eigenvalue weighted by Gasteiger charge is -2.16. The monoisotopic (exact) mass is 408 g/mol. The van der Waals surface area contributed by atoms with E-state index in [1.807, 2.05) is 0 Å². The fraction of sp³-hybridized carbons (Fsp3) is 0.235. The quantitative estimate of drug-likeness (QED) is 0.768. The van der Waals surface area contributed by atoms with Gasteiger partial charge in [0.05, 0.1) is 22.4 Å². The lowest BCUT2D eigenvalue weighted by molar-refractivity contribution is 0.0535. The van der Waals surface area contributed by atoms with Gasteiger partial charge in [0.25, 0.3) is 10.0 Å².